The number of benzene rings is 1. The molecule has 3 unspecified atom stereocenters. The summed E-state index contributed by atoms with van der Waals surface area (Å²) in [6, 6.07) is 1.23. The Morgan fingerprint density at radius 1 is 1.42 bits per heavy atom. The highest BCUT2D eigenvalue weighted by atomic mass is 19.1. The largest absolute Gasteiger partial charge is 0.492 e. The number of carboxylic acid groups (broad SMARTS) is 1. The van der Waals surface area contributed by atoms with Crippen LogP contribution in [0.2, 0.25) is 0 Å². The van der Waals surface area contributed by atoms with Gasteiger partial charge in [0.05, 0.1) is 18.0 Å². The predicted octanol–water partition coefficient (Wildman–Crippen LogP) is 3.38. The van der Waals surface area contributed by atoms with Gasteiger partial charge in [-0.2, -0.15) is 0 Å². The van der Waals surface area contributed by atoms with Crippen LogP contribution in [0.3, 0.4) is 0 Å². The Hall–Kier alpha value is -2.61. The molecule has 8 heteroatoms. The van der Waals surface area contributed by atoms with Crippen LogP contribution in [-0.2, 0) is 0 Å². The fourth-order valence-electron chi connectivity index (χ4n) is 5.00. The van der Waals surface area contributed by atoms with E-state index in [9.17, 15) is 14.7 Å². The number of hydrogen-bond donors (Lipinski definition) is 2. The number of ether oxygens (including phenoxy) is 1. The summed E-state index contributed by atoms with van der Waals surface area (Å²) in [5.41, 5.74) is 6.00. The molecule has 0 spiro atoms. The molecule has 3 N–H and O–H groups in total. The van der Waals surface area contributed by atoms with E-state index in [1.807, 2.05) is 4.90 Å². The van der Waals surface area contributed by atoms with Crippen molar-refractivity contribution in [3.05, 3.63) is 33.9 Å². The third kappa shape index (κ3) is 3.37. The summed E-state index contributed by atoms with van der Waals surface area (Å²) in [5, 5.41) is 9.52. The summed E-state index contributed by atoms with van der Waals surface area (Å²) >= 11 is 0. The highest BCUT2D eigenvalue weighted by Crippen LogP contribution is 2.46. The maximum atomic E-state index is 15.5. The molecule has 168 valence electrons. The van der Waals surface area contributed by atoms with Crippen LogP contribution in [0.15, 0.2) is 17.1 Å². The van der Waals surface area contributed by atoms with E-state index >= 15 is 4.39 Å². The lowest BCUT2D eigenvalue weighted by Gasteiger charge is -2.49. The molecule has 0 bridgehead atoms. The molecule has 1 aliphatic heterocycles. The Bertz CT molecular complexity index is 1110. The number of nitrogens with two attached hydrogens (primary N) is 1. The fourth-order valence-corrected chi connectivity index (χ4v) is 5.00. The third-order valence-corrected chi connectivity index (χ3v) is 7.18. The van der Waals surface area contributed by atoms with E-state index in [1.165, 1.54) is 19.4 Å². The van der Waals surface area contributed by atoms with Crippen LogP contribution in [0, 0.1) is 17.2 Å². The number of carboxylic acids is 1. The molecule has 1 aromatic heterocycles. The summed E-state index contributed by atoms with van der Waals surface area (Å²) in [5.74, 6) is -1.50. The van der Waals surface area contributed by atoms with Gasteiger partial charge in [0.1, 0.15) is 11.3 Å². The number of rotatable bonds is 5. The van der Waals surface area contributed by atoms with Crippen molar-refractivity contribution in [3.63, 3.8) is 0 Å². The Morgan fingerprint density at radius 2 is 2.10 bits per heavy atom. The molecule has 2 fully saturated rings. The molecule has 2 aromatic rings. The SMILES string of the molecule is CCC1(C)CN(c2c(F)cc3c(=O)c(C(=O)O)cn(C4CC4)c3c2OC)CC(C)C1N. The van der Waals surface area contributed by atoms with Gasteiger partial charge < -0.3 is 25.0 Å². The highest BCUT2D eigenvalue weighted by Gasteiger charge is 2.42. The highest BCUT2D eigenvalue weighted by molar-refractivity contribution is 5.97. The lowest BCUT2D eigenvalue weighted by Crippen LogP contribution is -2.58. The van der Waals surface area contributed by atoms with Crippen molar-refractivity contribution >= 4 is 22.6 Å². The summed E-state index contributed by atoms with van der Waals surface area (Å²) in [6.45, 7) is 7.40. The van der Waals surface area contributed by atoms with Gasteiger partial charge in [-0.3, -0.25) is 4.79 Å². The topological polar surface area (TPSA) is 97.8 Å². The maximum Gasteiger partial charge on any atom is 0.341 e. The number of halogens is 1. The van der Waals surface area contributed by atoms with Crippen molar-refractivity contribution in [3.8, 4) is 5.75 Å². The van der Waals surface area contributed by atoms with E-state index in [4.69, 9.17) is 10.5 Å². The number of pyridine rings is 1. The summed E-state index contributed by atoms with van der Waals surface area (Å²) in [6.07, 6.45) is 3.97. The molecule has 1 saturated carbocycles. The average molecular weight is 432 g/mol. The second-order valence-corrected chi connectivity index (χ2v) is 9.34. The normalized spacial score (nSPS) is 26.3. The van der Waals surface area contributed by atoms with Crippen molar-refractivity contribution < 1.29 is 19.0 Å². The fraction of sp³-hybridized carbons (Fsp3) is 0.565. The molecule has 2 heterocycles. The molecular formula is C23H30FN3O4. The van der Waals surface area contributed by atoms with Gasteiger partial charge in [-0.25, -0.2) is 9.18 Å². The van der Waals surface area contributed by atoms with Crippen LogP contribution in [0.25, 0.3) is 10.9 Å². The zero-order valence-electron chi connectivity index (χ0n) is 18.4. The molecule has 4 rings (SSSR count). The van der Waals surface area contributed by atoms with Crippen LogP contribution in [0.4, 0.5) is 10.1 Å². The van der Waals surface area contributed by atoms with E-state index in [0.717, 1.165) is 19.3 Å². The average Bonchev–Trinajstić information content (AvgIpc) is 3.56. The first-order chi connectivity index (χ1) is 14.6. The smallest absolute Gasteiger partial charge is 0.341 e. The van der Waals surface area contributed by atoms with E-state index in [1.54, 1.807) is 4.57 Å². The number of carbonyl (C=O) groups is 1. The van der Waals surface area contributed by atoms with Crippen molar-refractivity contribution in [1.82, 2.24) is 4.57 Å². The molecular weight excluding hydrogens is 401 g/mol. The van der Waals surface area contributed by atoms with Crippen molar-refractivity contribution in [2.75, 3.05) is 25.1 Å². The quantitative estimate of drug-likeness (QED) is 0.753. The summed E-state index contributed by atoms with van der Waals surface area (Å²) in [4.78, 5) is 26.5. The number of hydrogen-bond acceptors (Lipinski definition) is 5. The Kier molecular flexibility index (Phi) is 5.24. The van der Waals surface area contributed by atoms with Crippen LogP contribution >= 0.6 is 0 Å². The first-order valence-corrected chi connectivity index (χ1v) is 10.8. The van der Waals surface area contributed by atoms with E-state index < -0.39 is 17.2 Å². The standard InChI is InChI=1S/C23H30FN3O4/c1-5-23(3)11-26(9-12(2)21(23)25)18-16(24)8-14-17(20(18)31-4)27(13-6-7-13)10-15(19(14)28)22(29)30/h8,10,12-13,21H,5-7,9,11,25H2,1-4H3,(H,29,30). The van der Waals surface area contributed by atoms with E-state index in [2.05, 4.69) is 20.8 Å². The molecule has 31 heavy (non-hydrogen) atoms. The molecule has 2 aliphatic rings. The molecule has 1 saturated heterocycles. The van der Waals surface area contributed by atoms with Crippen LogP contribution < -0.4 is 20.8 Å². The lowest BCUT2D eigenvalue weighted by atomic mass is 9.71. The molecule has 3 atom stereocenters. The Morgan fingerprint density at radius 3 is 2.65 bits per heavy atom. The minimum atomic E-state index is -1.32. The first kappa shape index (κ1) is 21.6. The third-order valence-electron chi connectivity index (χ3n) is 7.18. The summed E-state index contributed by atoms with van der Waals surface area (Å²) < 4.78 is 23.0. The van der Waals surface area contributed by atoms with Crippen LogP contribution in [0.5, 0.6) is 5.75 Å². The second-order valence-electron chi connectivity index (χ2n) is 9.34. The zero-order chi connectivity index (χ0) is 22.7. The van der Waals surface area contributed by atoms with Gasteiger partial charge in [-0.05, 0) is 31.2 Å². The predicted molar refractivity (Wildman–Crippen MR) is 118 cm³/mol. The maximum absolute atomic E-state index is 15.5. The number of aromatic carboxylic acids is 1. The number of methoxy groups -OCH3 is 1. The van der Waals surface area contributed by atoms with Gasteiger partial charge in [0.15, 0.2) is 11.6 Å². The van der Waals surface area contributed by atoms with Crippen molar-refractivity contribution in [2.24, 2.45) is 17.1 Å². The number of piperidine rings is 1. The number of fused-ring (bicyclic) bond motifs is 1. The van der Waals surface area contributed by atoms with Crippen LogP contribution in [0.1, 0.15) is 56.4 Å². The van der Waals surface area contributed by atoms with Gasteiger partial charge in [-0.15, -0.1) is 0 Å². The molecule has 1 aliphatic carbocycles. The summed E-state index contributed by atoms with van der Waals surface area (Å²) in [7, 11) is 1.46. The van der Waals surface area contributed by atoms with Crippen LogP contribution in [-0.4, -0.2) is 41.9 Å². The minimum Gasteiger partial charge on any atom is -0.492 e. The van der Waals surface area contributed by atoms with E-state index in [-0.39, 0.29) is 40.1 Å². The monoisotopic (exact) mass is 431 g/mol. The van der Waals surface area contributed by atoms with Gasteiger partial charge in [0, 0.05) is 36.8 Å². The molecule has 0 amide bonds. The van der Waals surface area contributed by atoms with Gasteiger partial charge in [0.25, 0.3) is 0 Å². The van der Waals surface area contributed by atoms with Crippen molar-refractivity contribution in [1.29, 1.82) is 0 Å². The number of nitrogens with zero attached hydrogens (tertiary/aromatic N) is 2. The Balaban J connectivity index is 1.99. The number of aromatic nitrogens is 1. The van der Waals surface area contributed by atoms with Crippen molar-refractivity contribution in [2.45, 2.75) is 52.1 Å². The first-order valence-electron chi connectivity index (χ1n) is 10.8. The molecule has 7 nitrogen and oxygen atoms in total. The zero-order valence-corrected chi connectivity index (χ0v) is 18.4. The lowest BCUT2D eigenvalue weighted by molar-refractivity contribution is 0.0694. The van der Waals surface area contributed by atoms with Gasteiger partial charge >= 0.3 is 5.97 Å². The van der Waals surface area contributed by atoms with Gasteiger partial charge in [-0.1, -0.05) is 20.8 Å². The van der Waals surface area contributed by atoms with E-state index in [0.29, 0.717) is 24.3 Å². The van der Waals surface area contributed by atoms with Gasteiger partial charge in [0.2, 0.25) is 5.43 Å². The Labute approximate surface area is 180 Å². The molecule has 1 aromatic carbocycles. The minimum absolute atomic E-state index is 0.00830. The second kappa shape index (κ2) is 7.51. The number of anilines is 1. The molecule has 0 radical (unpaired) electrons.